The third-order valence-electron chi connectivity index (χ3n) is 4.20. The van der Waals surface area contributed by atoms with Crippen LogP contribution in [0.3, 0.4) is 0 Å². The first-order valence-electron chi connectivity index (χ1n) is 7.79. The number of carbonyl (C=O) groups is 1. The number of imidazole rings is 1. The summed E-state index contributed by atoms with van der Waals surface area (Å²) in [4.78, 5) is 15.3. The molecule has 1 aliphatic rings. The molecule has 2 rings (SSSR count). The lowest BCUT2D eigenvalue weighted by molar-refractivity contribution is -0.133. The number of aryl methyl sites for hydroxylation is 1. The van der Waals surface area contributed by atoms with Crippen LogP contribution in [0.25, 0.3) is 0 Å². The number of rotatable bonds is 7. The Kier molecular flexibility index (Phi) is 5.36. The largest absolute Gasteiger partial charge is 0.481 e. The van der Waals surface area contributed by atoms with E-state index in [1.807, 2.05) is 6.92 Å². The second-order valence-electron chi connectivity index (χ2n) is 6.78. The third kappa shape index (κ3) is 4.50. The summed E-state index contributed by atoms with van der Waals surface area (Å²) in [6.45, 7) is 7.54. The molecule has 0 atom stereocenters. The van der Waals surface area contributed by atoms with Crippen molar-refractivity contribution < 1.29 is 9.90 Å². The first kappa shape index (κ1) is 16.4. The maximum Gasteiger partial charge on any atom is 0.313 e. The van der Waals surface area contributed by atoms with Gasteiger partial charge < -0.3 is 9.67 Å². The van der Waals surface area contributed by atoms with Gasteiger partial charge in [0.1, 0.15) is 0 Å². The summed E-state index contributed by atoms with van der Waals surface area (Å²) in [5.41, 5.74) is 1.35. The lowest BCUT2D eigenvalue weighted by atomic mass is 9.78. The molecule has 1 aromatic rings. The van der Waals surface area contributed by atoms with E-state index >= 15 is 0 Å². The van der Waals surface area contributed by atoms with Crippen molar-refractivity contribution >= 4 is 17.7 Å². The Hall–Kier alpha value is -0.970. The Balaban J connectivity index is 2.14. The summed E-state index contributed by atoms with van der Waals surface area (Å²) in [7, 11) is 0. The molecule has 1 fully saturated rings. The van der Waals surface area contributed by atoms with Crippen molar-refractivity contribution in [3.8, 4) is 0 Å². The summed E-state index contributed by atoms with van der Waals surface area (Å²) in [6, 6.07) is 0. The maximum atomic E-state index is 10.8. The van der Waals surface area contributed by atoms with Crippen LogP contribution in [0.15, 0.2) is 11.4 Å². The number of hydrogen-bond donors (Lipinski definition) is 1. The van der Waals surface area contributed by atoms with Gasteiger partial charge in [-0.1, -0.05) is 38.5 Å². The Morgan fingerprint density at radius 3 is 2.71 bits per heavy atom. The SMILES string of the molecule is Cc1cn(CC2(CC(C)C)CCCC2)c(SCC(=O)O)n1. The molecule has 0 aliphatic heterocycles. The van der Waals surface area contributed by atoms with Crippen LogP contribution in [0.5, 0.6) is 0 Å². The van der Waals surface area contributed by atoms with Crippen LogP contribution in [0.4, 0.5) is 0 Å². The standard InChI is InChI=1S/C16H26N2O2S/c1-12(2)8-16(6-4-5-7-16)11-18-9-13(3)17-15(18)21-10-14(19)20/h9,12H,4-8,10-11H2,1-3H3,(H,19,20). The van der Waals surface area contributed by atoms with Crippen LogP contribution >= 0.6 is 11.8 Å². The predicted molar refractivity (Wildman–Crippen MR) is 85.7 cm³/mol. The molecular weight excluding hydrogens is 284 g/mol. The second kappa shape index (κ2) is 6.86. The molecule has 0 saturated heterocycles. The molecule has 0 unspecified atom stereocenters. The fourth-order valence-electron chi connectivity index (χ4n) is 3.66. The van der Waals surface area contributed by atoms with E-state index in [9.17, 15) is 4.79 Å². The van der Waals surface area contributed by atoms with Gasteiger partial charge in [0.05, 0.1) is 11.4 Å². The Labute approximate surface area is 131 Å². The minimum absolute atomic E-state index is 0.0770. The molecular formula is C16H26N2O2S. The number of carboxylic acid groups (broad SMARTS) is 1. The average Bonchev–Trinajstić information content (AvgIpc) is 2.94. The first-order valence-corrected chi connectivity index (χ1v) is 8.77. The number of thioether (sulfide) groups is 1. The molecule has 21 heavy (non-hydrogen) atoms. The zero-order chi connectivity index (χ0) is 15.5. The predicted octanol–water partition coefficient (Wildman–Crippen LogP) is 3.97. The Morgan fingerprint density at radius 2 is 2.14 bits per heavy atom. The lowest BCUT2D eigenvalue weighted by Gasteiger charge is -2.31. The number of aliphatic carboxylic acids is 1. The summed E-state index contributed by atoms with van der Waals surface area (Å²) in [6.07, 6.45) is 8.52. The number of hydrogen-bond acceptors (Lipinski definition) is 3. The number of aromatic nitrogens is 2. The highest BCUT2D eigenvalue weighted by atomic mass is 32.2. The van der Waals surface area contributed by atoms with Crippen LogP contribution in [-0.2, 0) is 11.3 Å². The van der Waals surface area contributed by atoms with E-state index in [0.29, 0.717) is 11.3 Å². The molecule has 0 amide bonds. The molecule has 0 radical (unpaired) electrons. The summed E-state index contributed by atoms with van der Waals surface area (Å²) in [5.74, 6) is -0.0130. The van der Waals surface area contributed by atoms with E-state index in [2.05, 4.69) is 29.6 Å². The van der Waals surface area contributed by atoms with E-state index < -0.39 is 5.97 Å². The summed E-state index contributed by atoms with van der Waals surface area (Å²) >= 11 is 1.33. The van der Waals surface area contributed by atoms with Crippen molar-refractivity contribution in [1.29, 1.82) is 0 Å². The lowest BCUT2D eigenvalue weighted by Crippen LogP contribution is -2.25. The zero-order valence-corrected chi connectivity index (χ0v) is 14.1. The number of carboxylic acids is 1. The van der Waals surface area contributed by atoms with E-state index in [1.165, 1.54) is 43.9 Å². The fraction of sp³-hybridized carbons (Fsp3) is 0.750. The molecule has 1 N–H and O–H groups in total. The van der Waals surface area contributed by atoms with Gasteiger partial charge in [0.25, 0.3) is 0 Å². The van der Waals surface area contributed by atoms with Crippen LogP contribution in [0.2, 0.25) is 0 Å². The highest BCUT2D eigenvalue weighted by molar-refractivity contribution is 7.99. The molecule has 5 heteroatoms. The van der Waals surface area contributed by atoms with Crippen molar-refractivity contribution in [3.63, 3.8) is 0 Å². The smallest absolute Gasteiger partial charge is 0.313 e. The molecule has 1 saturated carbocycles. The molecule has 118 valence electrons. The first-order chi connectivity index (χ1) is 9.90. The van der Waals surface area contributed by atoms with Crippen molar-refractivity contribution in [1.82, 2.24) is 9.55 Å². The van der Waals surface area contributed by atoms with E-state index in [4.69, 9.17) is 5.11 Å². The van der Waals surface area contributed by atoms with Crippen LogP contribution in [-0.4, -0.2) is 26.4 Å². The maximum absolute atomic E-state index is 10.8. The molecule has 4 nitrogen and oxygen atoms in total. The monoisotopic (exact) mass is 310 g/mol. The minimum atomic E-state index is -0.787. The molecule has 1 heterocycles. The van der Waals surface area contributed by atoms with Gasteiger partial charge in [0.15, 0.2) is 5.16 Å². The quantitative estimate of drug-likeness (QED) is 0.774. The van der Waals surface area contributed by atoms with Crippen molar-refractivity contribution in [3.05, 3.63) is 11.9 Å². The fourth-order valence-corrected chi connectivity index (χ4v) is 4.40. The zero-order valence-electron chi connectivity index (χ0n) is 13.3. The van der Waals surface area contributed by atoms with Crippen molar-refractivity contribution in [2.24, 2.45) is 11.3 Å². The van der Waals surface area contributed by atoms with Crippen LogP contribution in [0, 0.1) is 18.3 Å². The van der Waals surface area contributed by atoms with Gasteiger partial charge in [0.2, 0.25) is 0 Å². The van der Waals surface area contributed by atoms with E-state index in [1.54, 1.807) is 0 Å². The summed E-state index contributed by atoms with van der Waals surface area (Å²) in [5, 5.41) is 9.72. The van der Waals surface area contributed by atoms with Gasteiger partial charge in [-0.3, -0.25) is 4.79 Å². The average molecular weight is 310 g/mol. The Morgan fingerprint density at radius 1 is 1.48 bits per heavy atom. The molecule has 1 aliphatic carbocycles. The van der Waals surface area contributed by atoms with Gasteiger partial charge >= 0.3 is 5.97 Å². The molecule has 0 bridgehead atoms. The van der Waals surface area contributed by atoms with Crippen molar-refractivity contribution in [2.45, 2.75) is 64.6 Å². The Bertz CT molecular complexity index is 490. The second-order valence-corrected chi connectivity index (χ2v) is 7.72. The van der Waals surface area contributed by atoms with E-state index in [0.717, 1.165) is 17.4 Å². The van der Waals surface area contributed by atoms with Crippen molar-refractivity contribution in [2.75, 3.05) is 5.75 Å². The highest BCUT2D eigenvalue weighted by Gasteiger charge is 2.35. The molecule has 0 aromatic carbocycles. The summed E-state index contributed by atoms with van der Waals surface area (Å²) < 4.78 is 2.19. The molecule has 1 aromatic heterocycles. The van der Waals surface area contributed by atoms with Crippen LogP contribution < -0.4 is 0 Å². The number of nitrogens with zero attached hydrogens (tertiary/aromatic N) is 2. The highest BCUT2D eigenvalue weighted by Crippen LogP contribution is 2.45. The topological polar surface area (TPSA) is 55.1 Å². The van der Waals surface area contributed by atoms with Crippen LogP contribution in [0.1, 0.15) is 51.6 Å². The normalized spacial score (nSPS) is 17.5. The van der Waals surface area contributed by atoms with E-state index in [-0.39, 0.29) is 5.75 Å². The van der Waals surface area contributed by atoms with Gasteiger partial charge in [-0.2, -0.15) is 0 Å². The van der Waals surface area contributed by atoms with Gasteiger partial charge in [-0.15, -0.1) is 0 Å². The van der Waals surface area contributed by atoms with Gasteiger partial charge in [-0.25, -0.2) is 4.98 Å². The molecule has 0 spiro atoms. The minimum Gasteiger partial charge on any atom is -0.481 e. The third-order valence-corrected chi connectivity index (χ3v) is 5.17. The van der Waals surface area contributed by atoms with Gasteiger partial charge in [-0.05, 0) is 37.5 Å². The van der Waals surface area contributed by atoms with Gasteiger partial charge in [0, 0.05) is 12.7 Å².